The van der Waals surface area contributed by atoms with Gasteiger partial charge in [-0.05, 0) is 66.2 Å². The summed E-state index contributed by atoms with van der Waals surface area (Å²) in [5.41, 5.74) is 0.994. The van der Waals surface area contributed by atoms with E-state index in [9.17, 15) is 14.0 Å². The second-order valence-electron chi connectivity index (χ2n) is 7.81. The lowest BCUT2D eigenvalue weighted by atomic mass is 10.00. The molecule has 0 bridgehead atoms. The van der Waals surface area contributed by atoms with Crippen LogP contribution in [-0.4, -0.2) is 23.1 Å². The van der Waals surface area contributed by atoms with Crippen LogP contribution in [0.1, 0.15) is 21.8 Å². The highest BCUT2D eigenvalue weighted by atomic mass is 35.5. The van der Waals surface area contributed by atoms with Crippen molar-refractivity contribution in [1.29, 1.82) is 0 Å². The largest absolute Gasteiger partial charge is 0.384 e. The predicted molar refractivity (Wildman–Crippen MR) is 131 cm³/mol. The molecule has 9 heteroatoms. The highest BCUT2D eigenvalue weighted by Gasteiger charge is 2.76. The third-order valence-corrected chi connectivity index (χ3v) is 7.23. The Morgan fingerprint density at radius 1 is 0.970 bits per heavy atom. The van der Waals surface area contributed by atoms with Crippen LogP contribution in [0.3, 0.4) is 0 Å². The van der Waals surface area contributed by atoms with Gasteiger partial charge in [0.2, 0.25) is 0 Å². The summed E-state index contributed by atoms with van der Waals surface area (Å²) >= 11 is 25.3. The van der Waals surface area contributed by atoms with Crippen LogP contribution in [0.4, 0.5) is 15.8 Å². The average Bonchev–Trinajstić information content (AvgIpc) is 3.28. The van der Waals surface area contributed by atoms with E-state index in [0.717, 1.165) is 6.29 Å². The number of aldehydes is 1. The lowest BCUT2D eigenvalue weighted by Crippen LogP contribution is -2.23. The van der Waals surface area contributed by atoms with Crippen molar-refractivity contribution < 1.29 is 14.0 Å². The quantitative estimate of drug-likeness (QED) is 0.259. The lowest BCUT2D eigenvalue weighted by molar-refractivity contribution is -0.112. The zero-order valence-electron chi connectivity index (χ0n) is 16.9. The van der Waals surface area contributed by atoms with Gasteiger partial charge in [-0.15, -0.1) is 0 Å². The van der Waals surface area contributed by atoms with Gasteiger partial charge in [-0.2, -0.15) is 0 Å². The van der Waals surface area contributed by atoms with Crippen molar-refractivity contribution in [3.05, 3.63) is 93.7 Å². The molecular weight excluding hydrogens is 509 g/mol. The van der Waals surface area contributed by atoms with Crippen molar-refractivity contribution in [3.8, 4) is 0 Å². The number of rotatable bonds is 7. The van der Waals surface area contributed by atoms with Gasteiger partial charge in [0.15, 0.2) is 0 Å². The van der Waals surface area contributed by atoms with Crippen LogP contribution >= 0.6 is 46.4 Å². The van der Waals surface area contributed by atoms with Crippen LogP contribution in [0.5, 0.6) is 0 Å². The number of hydrogen-bond acceptors (Lipinski definition) is 3. The fraction of sp³-hybridized carbons (Fsp3) is 0.167. The molecule has 1 saturated carbocycles. The topological polar surface area (TPSA) is 58.2 Å². The number of hydrogen-bond donors (Lipinski definition) is 2. The Kier molecular flexibility index (Phi) is 6.61. The third kappa shape index (κ3) is 4.69. The number of carbonyl (C=O) groups excluding carboxylic acids is 2. The maximum Gasteiger partial charge on any atom is 0.255 e. The number of amides is 1. The van der Waals surface area contributed by atoms with Gasteiger partial charge in [0.25, 0.3) is 5.91 Å². The molecule has 4 rings (SSSR count). The summed E-state index contributed by atoms with van der Waals surface area (Å²) < 4.78 is 11.7. The molecule has 33 heavy (non-hydrogen) atoms. The van der Waals surface area contributed by atoms with Crippen LogP contribution in [0.15, 0.2) is 66.7 Å². The zero-order chi connectivity index (χ0) is 23.8. The SMILES string of the molecule is O=CC1(CNc2cccc(C(=O)Nc3ccc(F)cc3)c2)C(c2cc(Cl)cc(Cl)c2)C1(Cl)Cl. The molecule has 0 radical (unpaired) electrons. The molecule has 0 spiro atoms. The Morgan fingerprint density at radius 2 is 1.64 bits per heavy atom. The number of alkyl halides is 2. The Hall–Kier alpha value is -2.31. The lowest BCUT2D eigenvalue weighted by Gasteiger charge is -2.14. The number of anilines is 2. The van der Waals surface area contributed by atoms with Gasteiger partial charge >= 0.3 is 0 Å². The summed E-state index contributed by atoms with van der Waals surface area (Å²) in [6, 6.07) is 17.1. The van der Waals surface area contributed by atoms with Crippen molar-refractivity contribution >= 4 is 70.0 Å². The molecule has 2 atom stereocenters. The summed E-state index contributed by atoms with van der Waals surface area (Å²) in [5, 5.41) is 6.69. The maximum atomic E-state index is 13.1. The molecular formula is C24H17Cl4FN2O2. The highest BCUT2D eigenvalue weighted by Crippen LogP contribution is 2.73. The molecule has 0 heterocycles. The van der Waals surface area contributed by atoms with Gasteiger partial charge < -0.3 is 15.4 Å². The molecule has 0 aliphatic heterocycles. The summed E-state index contributed by atoms with van der Waals surface area (Å²) in [6.07, 6.45) is 0.741. The van der Waals surface area contributed by atoms with Crippen molar-refractivity contribution in [1.82, 2.24) is 0 Å². The first kappa shape index (κ1) is 23.8. The number of halogens is 5. The average molecular weight is 526 g/mol. The summed E-state index contributed by atoms with van der Waals surface area (Å²) in [5.74, 6) is -1.27. The molecule has 2 N–H and O–H groups in total. The molecule has 1 aliphatic rings. The molecule has 2 unspecified atom stereocenters. The van der Waals surface area contributed by atoms with E-state index in [0.29, 0.717) is 32.5 Å². The van der Waals surface area contributed by atoms with Crippen molar-refractivity contribution in [2.45, 2.75) is 10.3 Å². The Balaban J connectivity index is 1.49. The number of nitrogens with one attached hydrogen (secondary N) is 2. The molecule has 1 fully saturated rings. The normalized spacial score (nSPS) is 20.7. The van der Waals surface area contributed by atoms with Gasteiger partial charge in [0, 0.05) is 39.4 Å². The van der Waals surface area contributed by atoms with Crippen LogP contribution in [-0.2, 0) is 4.79 Å². The molecule has 170 valence electrons. The molecule has 0 saturated heterocycles. The van der Waals surface area contributed by atoms with E-state index in [2.05, 4.69) is 10.6 Å². The fourth-order valence-corrected chi connectivity index (χ4v) is 5.40. The molecule has 4 nitrogen and oxygen atoms in total. The highest BCUT2D eigenvalue weighted by molar-refractivity contribution is 6.54. The van der Waals surface area contributed by atoms with E-state index < -0.39 is 21.5 Å². The minimum atomic E-state index is -1.35. The van der Waals surface area contributed by atoms with Gasteiger partial charge in [-0.25, -0.2) is 4.39 Å². The number of benzene rings is 3. The smallest absolute Gasteiger partial charge is 0.255 e. The molecule has 1 aliphatic carbocycles. The van der Waals surface area contributed by atoms with Crippen molar-refractivity contribution in [2.24, 2.45) is 5.41 Å². The van der Waals surface area contributed by atoms with E-state index in [1.807, 2.05) is 0 Å². The van der Waals surface area contributed by atoms with E-state index in [1.165, 1.54) is 24.3 Å². The van der Waals surface area contributed by atoms with Crippen LogP contribution in [0, 0.1) is 11.2 Å². The number of carbonyl (C=O) groups is 2. The van der Waals surface area contributed by atoms with Gasteiger partial charge in [-0.3, -0.25) is 4.79 Å². The van der Waals surface area contributed by atoms with Crippen LogP contribution < -0.4 is 10.6 Å². The zero-order valence-corrected chi connectivity index (χ0v) is 19.9. The third-order valence-electron chi connectivity index (χ3n) is 5.66. The first-order valence-corrected chi connectivity index (χ1v) is 11.4. The Bertz CT molecular complexity index is 1200. The molecule has 1 amide bonds. The second-order valence-corrected chi connectivity index (χ2v) is 10.1. The summed E-state index contributed by atoms with van der Waals surface area (Å²) in [4.78, 5) is 24.7. The first-order valence-electron chi connectivity index (χ1n) is 9.87. The first-order chi connectivity index (χ1) is 15.7. The Morgan fingerprint density at radius 3 is 2.27 bits per heavy atom. The Labute approximate surface area is 210 Å². The minimum Gasteiger partial charge on any atom is -0.384 e. The van der Waals surface area contributed by atoms with Gasteiger partial charge in [0.1, 0.15) is 16.4 Å². The summed E-state index contributed by atoms with van der Waals surface area (Å²) in [7, 11) is 0. The van der Waals surface area contributed by atoms with Gasteiger partial charge in [-0.1, -0.05) is 52.5 Å². The summed E-state index contributed by atoms with van der Waals surface area (Å²) in [6.45, 7) is 0.126. The minimum absolute atomic E-state index is 0.126. The van der Waals surface area contributed by atoms with Crippen molar-refractivity contribution in [2.75, 3.05) is 17.2 Å². The van der Waals surface area contributed by atoms with Crippen LogP contribution in [0.2, 0.25) is 10.0 Å². The van der Waals surface area contributed by atoms with Gasteiger partial charge in [0.05, 0.1) is 5.41 Å². The fourth-order valence-electron chi connectivity index (χ4n) is 3.89. The standard InChI is InChI=1S/C24H17Cl4FN2O2/c25-16-8-15(9-17(26)11-16)21-23(13-32,24(21,27)28)12-30-20-3-1-2-14(10-20)22(33)31-19-6-4-18(29)5-7-19/h1-11,13,21,30H,12H2,(H,31,33). The van der Waals surface area contributed by atoms with E-state index in [1.54, 1.807) is 42.5 Å². The molecule has 0 aromatic heterocycles. The molecule has 3 aromatic carbocycles. The second kappa shape index (κ2) is 9.15. The van der Waals surface area contributed by atoms with E-state index in [4.69, 9.17) is 46.4 Å². The molecule has 3 aromatic rings. The van der Waals surface area contributed by atoms with Crippen LogP contribution in [0.25, 0.3) is 0 Å². The van der Waals surface area contributed by atoms with Crippen molar-refractivity contribution in [3.63, 3.8) is 0 Å². The van der Waals surface area contributed by atoms with E-state index >= 15 is 0 Å². The van der Waals surface area contributed by atoms with E-state index in [-0.39, 0.29) is 12.5 Å². The maximum absolute atomic E-state index is 13.1. The predicted octanol–water partition coefficient (Wildman–Crippen LogP) is 6.95. The monoisotopic (exact) mass is 524 g/mol.